The smallest absolute Gasteiger partial charge is 0.249 e. The number of aliphatic hydroxyl groups is 4. The Labute approximate surface area is 355 Å². The number of carbonyl (C=O) groups excluding carboxylic acids is 1. The summed E-state index contributed by atoms with van der Waals surface area (Å²) in [5.41, 5.74) is 0. The van der Waals surface area contributed by atoms with Crippen LogP contribution in [0.25, 0.3) is 0 Å². The molecule has 0 aliphatic rings. The third-order valence-electron chi connectivity index (χ3n) is 12.2. The van der Waals surface area contributed by atoms with Crippen molar-refractivity contribution in [2.24, 2.45) is 0 Å². The molecule has 0 heterocycles. The zero-order chi connectivity index (χ0) is 41.7. The van der Waals surface area contributed by atoms with Gasteiger partial charge in [-0.05, 0) is 38.5 Å². The van der Waals surface area contributed by atoms with Gasteiger partial charge in [0.1, 0.15) is 12.2 Å². The summed E-state index contributed by atoms with van der Waals surface area (Å²) in [6.45, 7) is 4.08. The molecule has 0 aromatic heterocycles. The Balaban J connectivity index is 3.65. The molecule has 340 valence electrons. The highest BCUT2D eigenvalue weighted by Crippen LogP contribution is 2.18. The first kappa shape index (κ1) is 56.0. The van der Waals surface area contributed by atoms with Crippen molar-refractivity contribution in [2.45, 2.75) is 301 Å². The summed E-state index contributed by atoms with van der Waals surface area (Å²) in [5.74, 6) is -0.585. The predicted molar refractivity (Wildman–Crippen MR) is 247 cm³/mol. The number of carbonyl (C=O) groups is 1. The number of amides is 1. The second-order valence-electron chi connectivity index (χ2n) is 17.9. The zero-order valence-electron chi connectivity index (χ0n) is 38.4. The van der Waals surface area contributed by atoms with E-state index in [9.17, 15) is 25.2 Å². The fraction of sp³-hybridized carbons (Fsp3) is 0.941. The first-order valence-corrected chi connectivity index (χ1v) is 25.6. The number of aliphatic hydroxyl groups excluding tert-OH is 4. The van der Waals surface area contributed by atoms with Gasteiger partial charge in [-0.15, -0.1) is 0 Å². The van der Waals surface area contributed by atoms with E-state index in [0.717, 1.165) is 44.9 Å². The van der Waals surface area contributed by atoms with Crippen molar-refractivity contribution in [1.29, 1.82) is 0 Å². The van der Waals surface area contributed by atoms with E-state index in [-0.39, 0.29) is 0 Å². The standard InChI is InChI=1S/C51H101NO5/c1-3-5-7-9-11-13-15-17-19-21-23-24-25-26-27-29-30-32-34-36-38-40-42-44-48(54)50(56)47(46-53)52-51(57)49(55)45-43-41-39-37-35-33-31-28-22-20-18-16-14-12-10-8-6-4-2/h22,28,47-50,53-56H,3-21,23-27,29-46H2,1-2H3,(H,52,57)/b28-22-. The Morgan fingerprint density at radius 3 is 1.02 bits per heavy atom. The normalized spacial score (nSPS) is 14.0. The van der Waals surface area contributed by atoms with Gasteiger partial charge in [-0.3, -0.25) is 4.79 Å². The van der Waals surface area contributed by atoms with Crippen molar-refractivity contribution < 1.29 is 25.2 Å². The maximum atomic E-state index is 12.5. The summed E-state index contributed by atoms with van der Waals surface area (Å²) in [4.78, 5) is 12.5. The van der Waals surface area contributed by atoms with Crippen molar-refractivity contribution in [2.75, 3.05) is 6.61 Å². The zero-order valence-corrected chi connectivity index (χ0v) is 38.4. The predicted octanol–water partition coefficient (Wildman–Crippen LogP) is 14.1. The van der Waals surface area contributed by atoms with E-state index in [1.54, 1.807) is 0 Å². The van der Waals surface area contributed by atoms with E-state index in [4.69, 9.17) is 0 Å². The largest absolute Gasteiger partial charge is 0.394 e. The van der Waals surface area contributed by atoms with Crippen molar-refractivity contribution in [3.63, 3.8) is 0 Å². The molecule has 0 aliphatic heterocycles. The molecule has 0 spiro atoms. The summed E-state index contributed by atoms with van der Waals surface area (Å²) in [6, 6.07) is -0.985. The summed E-state index contributed by atoms with van der Waals surface area (Å²) >= 11 is 0. The lowest BCUT2D eigenvalue weighted by Crippen LogP contribution is -2.53. The Morgan fingerprint density at radius 2 is 0.702 bits per heavy atom. The quantitative estimate of drug-likeness (QED) is 0.0311. The highest BCUT2D eigenvalue weighted by atomic mass is 16.3. The molecule has 5 N–H and O–H groups in total. The van der Waals surface area contributed by atoms with Crippen molar-refractivity contribution >= 4 is 5.91 Å². The lowest BCUT2D eigenvalue weighted by molar-refractivity contribution is -0.132. The third-order valence-corrected chi connectivity index (χ3v) is 12.2. The summed E-state index contributed by atoms with van der Waals surface area (Å²) in [7, 11) is 0. The Bertz CT molecular complexity index is 821. The molecule has 4 unspecified atom stereocenters. The van der Waals surface area contributed by atoms with Gasteiger partial charge in [-0.1, -0.05) is 251 Å². The van der Waals surface area contributed by atoms with Crippen LogP contribution in [0.2, 0.25) is 0 Å². The van der Waals surface area contributed by atoms with E-state index in [0.29, 0.717) is 12.8 Å². The van der Waals surface area contributed by atoms with Crippen LogP contribution in [-0.4, -0.2) is 57.3 Å². The average Bonchev–Trinajstić information content (AvgIpc) is 3.22. The summed E-state index contributed by atoms with van der Waals surface area (Å²) in [5, 5.41) is 43.9. The molecule has 0 aliphatic carbocycles. The van der Waals surface area contributed by atoms with Crippen LogP contribution in [-0.2, 0) is 4.79 Å². The highest BCUT2D eigenvalue weighted by Gasteiger charge is 2.28. The van der Waals surface area contributed by atoms with Crippen LogP contribution >= 0.6 is 0 Å². The van der Waals surface area contributed by atoms with Crippen LogP contribution in [0, 0.1) is 0 Å². The molecule has 57 heavy (non-hydrogen) atoms. The van der Waals surface area contributed by atoms with Crippen LogP contribution in [0.1, 0.15) is 277 Å². The van der Waals surface area contributed by atoms with Gasteiger partial charge >= 0.3 is 0 Å². The van der Waals surface area contributed by atoms with Gasteiger partial charge in [-0.25, -0.2) is 0 Å². The van der Waals surface area contributed by atoms with Crippen LogP contribution in [0.4, 0.5) is 0 Å². The molecule has 0 saturated heterocycles. The Kier molecular flexibility index (Phi) is 45.4. The van der Waals surface area contributed by atoms with Gasteiger partial charge in [-0.2, -0.15) is 0 Å². The number of hydrogen-bond acceptors (Lipinski definition) is 5. The number of allylic oxidation sites excluding steroid dienone is 2. The highest BCUT2D eigenvalue weighted by molar-refractivity contribution is 5.80. The number of unbranched alkanes of at least 4 members (excludes halogenated alkanes) is 36. The molecule has 6 heteroatoms. The maximum absolute atomic E-state index is 12.5. The van der Waals surface area contributed by atoms with Gasteiger partial charge in [0.05, 0.1) is 18.8 Å². The third kappa shape index (κ3) is 40.2. The van der Waals surface area contributed by atoms with Gasteiger partial charge in [0.15, 0.2) is 0 Å². The molecule has 0 fully saturated rings. The number of hydrogen-bond donors (Lipinski definition) is 5. The van der Waals surface area contributed by atoms with Gasteiger partial charge in [0.2, 0.25) is 5.91 Å². The van der Waals surface area contributed by atoms with E-state index >= 15 is 0 Å². The minimum atomic E-state index is -1.26. The van der Waals surface area contributed by atoms with Gasteiger partial charge < -0.3 is 25.7 Å². The molecular formula is C51H101NO5. The summed E-state index contributed by atoms with van der Waals surface area (Å²) < 4.78 is 0. The van der Waals surface area contributed by atoms with E-state index in [1.165, 1.54) is 205 Å². The first-order valence-electron chi connectivity index (χ1n) is 25.6. The monoisotopic (exact) mass is 808 g/mol. The molecule has 0 bridgehead atoms. The van der Waals surface area contributed by atoms with Crippen molar-refractivity contribution in [3.8, 4) is 0 Å². The van der Waals surface area contributed by atoms with E-state index in [2.05, 4.69) is 31.3 Å². The molecule has 0 aromatic rings. The maximum Gasteiger partial charge on any atom is 0.249 e. The Hall–Kier alpha value is -0.950. The molecule has 0 aromatic carbocycles. The topological polar surface area (TPSA) is 110 Å². The van der Waals surface area contributed by atoms with E-state index in [1.807, 2.05) is 0 Å². The second-order valence-corrected chi connectivity index (χ2v) is 17.9. The Morgan fingerprint density at radius 1 is 0.421 bits per heavy atom. The minimum absolute atomic E-state index is 0.365. The lowest BCUT2D eigenvalue weighted by Gasteiger charge is -2.27. The van der Waals surface area contributed by atoms with Crippen LogP contribution in [0.15, 0.2) is 12.2 Å². The lowest BCUT2D eigenvalue weighted by atomic mass is 9.99. The first-order chi connectivity index (χ1) is 28.0. The minimum Gasteiger partial charge on any atom is -0.394 e. The average molecular weight is 808 g/mol. The fourth-order valence-electron chi connectivity index (χ4n) is 8.17. The molecule has 4 atom stereocenters. The molecular weight excluding hydrogens is 707 g/mol. The molecule has 6 nitrogen and oxygen atoms in total. The van der Waals surface area contributed by atoms with Crippen LogP contribution < -0.4 is 5.32 Å². The van der Waals surface area contributed by atoms with Crippen molar-refractivity contribution in [1.82, 2.24) is 5.32 Å². The van der Waals surface area contributed by atoms with E-state index < -0.39 is 36.9 Å². The van der Waals surface area contributed by atoms with Crippen LogP contribution in [0.3, 0.4) is 0 Å². The number of rotatable bonds is 47. The molecule has 0 rings (SSSR count). The van der Waals surface area contributed by atoms with Gasteiger partial charge in [0.25, 0.3) is 0 Å². The van der Waals surface area contributed by atoms with Crippen LogP contribution in [0.5, 0.6) is 0 Å². The van der Waals surface area contributed by atoms with Crippen molar-refractivity contribution in [3.05, 3.63) is 12.2 Å². The summed E-state index contributed by atoms with van der Waals surface area (Å²) in [6.07, 6.45) is 52.6. The molecule has 0 radical (unpaired) electrons. The molecule has 0 saturated carbocycles. The molecule has 1 amide bonds. The van der Waals surface area contributed by atoms with Gasteiger partial charge in [0, 0.05) is 0 Å². The fourth-order valence-corrected chi connectivity index (χ4v) is 8.17. The number of nitrogens with one attached hydrogen (secondary N) is 1. The SMILES string of the molecule is CCCCCCCCCC/C=C\CCCCCCCCC(O)C(=O)NC(CO)C(O)C(O)CCCCCCCCCCCCCCCCCCCCCCCCC. The second kappa shape index (κ2) is 46.1.